The lowest BCUT2D eigenvalue weighted by Gasteiger charge is -2.45. The standard InChI is InChI=1S/C33H26N2O4/c1-38-27-17-21(15-16-26(27)39-19-20-9-3-2-4-10-20)18-34-35-32(36)30-28-22-11-5-6-12-23(22)29(31(30)33(35)37)25-14-8-7-13-24(25)28/h2-18,28-31H,19H2,1H3/b34-18+. The van der Waals surface area contributed by atoms with E-state index in [1.54, 1.807) is 19.4 Å². The predicted molar refractivity (Wildman–Crippen MR) is 147 cm³/mol. The van der Waals surface area contributed by atoms with Crippen molar-refractivity contribution in [3.8, 4) is 11.5 Å². The first-order valence-corrected chi connectivity index (χ1v) is 13.1. The van der Waals surface area contributed by atoms with Gasteiger partial charge >= 0.3 is 0 Å². The largest absolute Gasteiger partial charge is 0.493 e. The molecule has 3 aliphatic carbocycles. The molecular weight excluding hydrogens is 488 g/mol. The molecular formula is C33H26N2O4. The van der Waals surface area contributed by atoms with Crippen molar-refractivity contribution in [2.75, 3.05) is 7.11 Å². The summed E-state index contributed by atoms with van der Waals surface area (Å²) >= 11 is 0. The summed E-state index contributed by atoms with van der Waals surface area (Å²) in [6, 6.07) is 31.7. The number of ether oxygens (including phenoxy) is 2. The van der Waals surface area contributed by atoms with E-state index in [2.05, 4.69) is 29.4 Å². The van der Waals surface area contributed by atoms with Crippen LogP contribution in [-0.2, 0) is 16.2 Å². The lowest BCUT2D eigenvalue weighted by Crippen LogP contribution is -2.41. The summed E-state index contributed by atoms with van der Waals surface area (Å²) in [4.78, 5) is 27.4. The summed E-state index contributed by atoms with van der Waals surface area (Å²) in [5.41, 5.74) is 6.32. The van der Waals surface area contributed by atoms with Gasteiger partial charge in [0.2, 0.25) is 0 Å². The number of methoxy groups -OCH3 is 1. The molecule has 4 aromatic carbocycles. The van der Waals surface area contributed by atoms with Crippen molar-refractivity contribution in [1.29, 1.82) is 0 Å². The van der Waals surface area contributed by atoms with Crippen LogP contribution in [0.15, 0.2) is 102 Å². The minimum absolute atomic E-state index is 0.148. The first-order chi connectivity index (χ1) is 19.2. The third-order valence-electron chi connectivity index (χ3n) is 8.17. The van der Waals surface area contributed by atoms with Crippen LogP contribution in [-0.4, -0.2) is 30.1 Å². The number of carbonyl (C=O) groups excluding carboxylic acids is 2. The SMILES string of the molecule is COc1cc(/C=N/N2C(=O)C3C4c5ccccc5C(c5ccccc54)C3C2=O)ccc1OCc1ccccc1. The van der Waals surface area contributed by atoms with Crippen molar-refractivity contribution < 1.29 is 19.1 Å². The Balaban J connectivity index is 1.17. The molecule has 0 spiro atoms. The highest BCUT2D eigenvalue weighted by atomic mass is 16.5. The lowest BCUT2D eigenvalue weighted by molar-refractivity contribution is -0.139. The fourth-order valence-corrected chi connectivity index (χ4v) is 6.52. The van der Waals surface area contributed by atoms with Crippen molar-refractivity contribution in [3.63, 3.8) is 0 Å². The average molecular weight is 515 g/mol. The molecule has 1 saturated heterocycles. The number of amides is 2. The van der Waals surface area contributed by atoms with Gasteiger partial charge in [0.05, 0.1) is 25.2 Å². The monoisotopic (exact) mass is 514 g/mol. The second-order valence-corrected chi connectivity index (χ2v) is 10.2. The van der Waals surface area contributed by atoms with E-state index in [0.717, 1.165) is 32.8 Å². The molecule has 2 atom stereocenters. The zero-order valence-corrected chi connectivity index (χ0v) is 21.4. The minimum atomic E-state index is -0.451. The van der Waals surface area contributed by atoms with Crippen LogP contribution in [0.3, 0.4) is 0 Å². The fourth-order valence-electron chi connectivity index (χ4n) is 6.52. The van der Waals surface area contributed by atoms with Crippen molar-refractivity contribution in [2.45, 2.75) is 18.4 Å². The summed E-state index contributed by atoms with van der Waals surface area (Å²) in [7, 11) is 1.58. The molecule has 1 aliphatic heterocycles. The molecule has 6 nitrogen and oxygen atoms in total. The van der Waals surface area contributed by atoms with E-state index in [1.165, 1.54) is 0 Å². The van der Waals surface area contributed by atoms with Crippen LogP contribution in [0.25, 0.3) is 0 Å². The van der Waals surface area contributed by atoms with Gasteiger partial charge in [-0.15, -0.1) is 0 Å². The van der Waals surface area contributed by atoms with Gasteiger partial charge in [0.25, 0.3) is 11.8 Å². The van der Waals surface area contributed by atoms with Gasteiger partial charge in [-0.05, 0) is 51.6 Å². The van der Waals surface area contributed by atoms with Crippen molar-refractivity contribution in [2.24, 2.45) is 16.9 Å². The maximum Gasteiger partial charge on any atom is 0.254 e. The van der Waals surface area contributed by atoms with Crippen LogP contribution >= 0.6 is 0 Å². The molecule has 0 aromatic heterocycles. The number of hydrazone groups is 1. The summed E-state index contributed by atoms with van der Waals surface area (Å²) in [6.45, 7) is 0.414. The number of rotatable bonds is 6. The Labute approximate surface area is 226 Å². The first-order valence-electron chi connectivity index (χ1n) is 13.1. The van der Waals surface area contributed by atoms with Crippen molar-refractivity contribution in [1.82, 2.24) is 5.01 Å². The Hall–Kier alpha value is -4.71. The van der Waals surface area contributed by atoms with Crippen LogP contribution in [0.2, 0.25) is 0 Å². The van der Waals surface area contributed by atoms with Crippen molar-refractivity contribution in [3.05, 3.63) is 130 Å². The van der Waals surface area contributed by atoms with Gasteiger partial charge in [0.15, 0.2) is 11.5 Å². The maximum atomic E-state index is 13.7. The Morgan fingerprint density at radius 1 is 0.718 bits per heavy atom. The smallest absolute Gasteiger partial charge is 0.254 e. The third-order valence-corrected chi connectivity index (χ3v) is 8.17. The summed E-state index contributed by atoms with van der Waals surface area (Å²) in [6.07, 6.45) is 1.54. The normalized spacial score (nSPS) is 22.5. The second-order valence-electron chi connectivity index (χ2n) is 10.2. The predicted octanol–water partition coefficient (Wildman–Crippen LogP) is 5.50. The fraction of sp³-hybridized carbons (Fsp3) is 0.182. The van der Waals surface area contributed by atoms with Crippen LogP contribution in [0.5, 0.6) is 11.5 Å². The van der Waals surface area contributed by atoms with E-state index < -0.39 is 11.8 Å². The number of imide groups is 1. The number of benzene rings is 4. The molecule has 8 rings (SSSR count). The van der Waals surface area contributed by atoms with Gasteiger partial charge in [-0.1, -0.05) is 78.9 Å². The van der Waals surface area contributed by atoms with Crippen LogP contribution < -0.4 is 9.47 Å². The Kier molecular flexibility index (Phi) is 5.55. The van der Waals surface area contributed by atoms with E-state index >= 15 is 0 Å². The van der Waals surface area contributed by atoms with Gasteiger partial charge < -0.3 is 9.47 Å². The number of nitrogens with zero attached hydrogens (tertiary/aromatic N) is 2. The van der Waals surface area contributed by atoms with Gasteiger partial charge in [-0.3, -0.25) is 9.59 Å². The van der Waals surface area contributed by atoms with Crippen molar-refractivity contribution >= 4 is 18.0 Å². The summed E-state index contributed by atoms with van der Waals surface area (Å²) in [5, 5.41) is 5.50. The molecule has 0 radical (unpaired) electrons. The zero-order chi connectivity index (χ0) is 26.5. The van der Waals surface area contributed by atoms with Gasteiger partial charge in [-0.2, -0.15) is 10.1 Å². The number of carbonyl (C=O) groups is 2. The quantitative estimate of drug-likeness (QED) is 0.252. The highest BCUT2D eigenvalue weighted by Gasteiger charge is 2.61. The number of hydrogen-bond donors (Lipinski definition) is 0. The van der Waals surface area contributed by atoms with E-state index in [1.807, 2.05) is 66.7 Å². The lowest BCUT2D eigenvalue weighted by atomic mass is 9.55. The molecule has 39 heavy (non-hydrogen) atoms. The van der Waals surface area contributed by atoms with Gasteiger partial charge in [0, 0.05) is 11.8 Å². The summed E-state index contributed by atoms with van der Waals surface area (Å²) in [5.74, 6) is -0.530. The van der Waals surface area contributed by atoms with Crippen LogP contribution in [0.4, 0.5) is 0 Å². The number of hydrogen-bond acceptors (Lipinski definition) is 5. The molecule has 4 aliphatic rings. The van der Waals surface area contributed by atoms with Gasteiger partial charge in [-0.25, -0.2) is 0 Å². The highest BCUT2D eigenvalue weighted by molar-refractivity contribution is 6.08. The molecule has 0 N–H and O–H groups in total. The first kappa shape index (κ1) is 23.4. The zero-order valence-electron chi connectivity index (χ0n) is 21.4. The molecule has 1 fully saturated rings. The molecule has 4 aromatic rings. The Morgan fingerprint density at radius 2 is 1.26 bits per heavy atom. The maximum absolute atomic E-state index is 13.7. The van der Waals surface area contributed by atoms with E-state index in [4.69, 9.17) is 9.47 Å². The van der Waals surface area contributed by atoms with Gasteiger partial charge in [0.1, 0.15) is 6.61 Å². The topological polar surface area (TPSA) is 68.2 Å². The molecule has 1 heterocycles. The third kappa shape index (κ3) is 3.67. The summed E-state index contributed by atoms with van der Waals surface area (Å²) < 4.78 is 11.5. The molecule has 6 heteroatoms. The van der Waals surface area contributed by atoms with Crippen LogP contribution in [0.1, 0.15) is 45.2 Å². The molecule has 0 saturated carbocycles. The Bertz CT molecular complexity index is 1510. The minimum Gasteiger partial charge on any atom is -0.493 e. The van der Waals surface area contributed by atoms with E-state index in [0.29, 0.717) is 23.7 Å². The second kappa shape index (κ2) is 9.24. The molecule has 192 valence electrons. The van der Waals surface area contributed by atoms with E-state index in [-0.39, 0.29) is 23.7 Å². The molecule has 2 unspecified atom stereocenters. The molecule has 2 amide bonds. The Morgan fingerprint density at radius 3 is 1.79 bits per heavy atom. The van der Waals surface area contributed by atoms with Crippen LogP contribution in [0, 0.1) is 11.8 Å². The molecule has 2 bridgehead atoms. The highest BCUT2D eigenvalue weighted by Crippen LogP contribution is 2.60. The van der Waals surface area contributed by atoms with E-state index in [9.17, 15) is 9.59 Å². The average Bonchev–Trinajstić information content (AvgIpc) is 3.25.